The quantitative estimate of drug-likeness (QED) is 0.499. The highest BCUT2D eigenvalue weighted by molar-refractivity contribution is 6.30. The van der Waals surface area contributed by atoms with Gasteiger partial charge < -0.3 is 19.0 Å². The minimum Gasteiger partial charge on any atom is -0.482 e. The van der Waals surface area contributed by atoms with Crippen molar-refractivity contribution in [3.8, 4) is 11.6 Å². The Balaban J connectivity index is 1.67. The minimum atomic E-state index is -0.959. The number of rotatable bonds is 6. The lowest BCUT2D eigenvalue weighted by Gasteiger charge is -2.36. The Hall–Kier alpha value is -3.69. The Kier molecular flexibility index (Phi) is 7.01. The lowest BCUT2D eigenvalue weighted by Crippen LogP contribution is -2.38. The first-order chi connectivity index (χ1) is 16.0. The van der Waals surface area contributed by atoms with Gasteiger partial charge in [0.25, 0.3) is 0 Å². The van der Waals surface area contributed by atoms with Gasteiger partial charge in [0.05, 0.1) is 19.3 Å². The highest BCUT2D eigenvalue weighted by Gasteiger charge is 2.34. The number of ether oxygens (including phenoxy) is 3. The van der Waals surface area contributed by atoms with Gasteiger partial charge in [-0.05, 0) is 35.7 Å². The number of hydrogen-bond acceptors (Lipinski definition) is 9. The summed E-state index contributed by atoms with van der Waals surface area (Å²) in [5.41, 5.74) is 2.61. The average molecular weight is 470 g/mol. The third-order valence-corrected chi connectivity index (χ3v) is 5.23. The third-order valence-electron chi connectivity index (χ3n) is 5.00. The number of hydroxylamine groups is 2. The highest BCUT2D eigenvalue weighted by atomic mass is 35.5. The molecule has 0 aliphatic carbocycles. The summed E-state index contributed by atoms with van der Waals surface area (Å²) in [4.78, 5) is 37.5. The van der Waals surface area contributed by atoms with Gasteiger partial charge in [-0.25, -0.2) is 14.6 Å². The summed E-state index contributed by atoms with van der Waals surface area (Å²) in [5.74, 6) is -0.107. The third kappa shape index (κ3) is 5.39. The average Bonchev–Trinajstić information content (AvgIpc) is 2.83. The number of aromatic nitrogens is 2. The molecule has 0 spiro atoms. The standard InChI is InChI=1S/C23H20ClN3O6/c1-30-21(28)14-31-19-7-6-16(24)12-18(19)22-17-5-3-2-4-15(17)8-11-27(22)33-23(29)32-20-13-25-9-10-26-20/h2-7,9-10,12-13,22H,8,11,14H2,1H3/t22-/m0/s1. The second kappa shape index (κ2) is 10.3. The maximum absolute atomic E-state index is 12.5. The number of methoxy groups -OCH3 is 1. The maximum atomic E-state index is 12.5. The Bertz CT molecular complexity index is 1140. The van der Waals surface area contributed by atoms with E-state index < -0.39 is 18.2 Å². The number of fused-ring (bicyclic) bond motifs is 1. The van der Waals surface area contributed by atoms with Crippen molar-refractivity contribution in [2.75, 3.05) is 20.3 Å². The molecule has 0 saturated heterocycles. The zero-order chi connectivity index (χ0) is 23.2. The molecule has 33 heavy (non-hydrogen) atoms. The van der Waals surface area contributed by atoms with Crippen molar-refractivity contribution in [2.24, 2.45) is 0 Å². The van der Waals surface area contributed by atoms with Crippen molar-refractivity contribution >= 4 is 23.7 Å². The predicted molar refractivity (Wildman–Crippen MR) is 117 cm³/mol. The highest BCUT2D eigenvalue weighted by Crippen LogP contribution is 2.40. The summed E-state index contributed by atoms with van der Waals surface area (Å²) in [6.07, 6.45) is 3.85. The van der Waals surface area contributed by atoms with Crippen molar-refractivity contribution in [3.63, 3.8) is 0 Å². The number of benzene rings is 2. The molecule has 1 atom stereocenters. The number of hydrogen-bond donors (Lipinski definition) is 0. The fourth-order valence-electron chi connectivity index (χ4n) is 3.56. The van der Waals surface area contributed by atoms with E-state index in [9.17, 15) is 9.59 Å². The maximum Gasteiger partial charge on any atom is 0.534 e. The van der Waals surface area contributed by atoms with E-state index in [1.54, 1.807) is 18.2 Å². The monoisotopic (exact) mass is 469 g/mol. The van der Waals surface area contributed by atoms with Crippen LogP contribution in [0.3, 0.4) is 0 Å². The van der Waals surface area contributed by atoms with Gasteiger partial charge in [0.1, 0.15) is 5.75 Å². The van der Waals surface area contributed by atoms with E-state index in [0.29, 0.717) is 29.3 Å². The molecule has 0 bridgehead atoms. The Morgan fingerprint density at radius 3 is 2.79 bits per heavy atom. The normalized spacial score (nSPS) is 15.3. The second-order valence-electron chi connectivity index (χ2n) is 7.03. The molecule has 1 aliphatic heterocycles. The Morgan fingerprint density at radius 2 is 2.00 bits per heavy atom. The summed E-state index contributed by atoms with van der Waals surface area (Å²) in [7, 11) is 1.28. The first-order valence-corrected chi connectivity index (χ1v) is 10.4. The van der Waals surface area contributed by atoms with Crippen molar-refractivity contribution in [3.05, 3.63) is 82.8 Å². The molecule has 1 aromatic heterocycles. The molecule has 2 aromatic carbocycles. The van der Waals surface area contributed by atoms with E-state index >= 15 is 0 Å². The van der Waals surface area contributed by atoms with Crippen molar-refractivity contribution in [1.82, 2.24) is 15.0 Å². The van der Waals surface area contributed by atoms with Crippen LogP contribution in [-0.2, 0) is 20.8 Å². The molecule has 0 saturated carbocycles. The van der Waals surface area contributed by atoms with E-state index in [0.717, 1.165) is 11.1 Å². The lowest BCUT2D eigenvalue weighted by molar-refractivity contribution is -0.143. The van der Waals surface area contributed by atoms with Gasteiger partial charge in [0.2, 0.25) is 5.88 Å². The molecule has 170 valence electrons. The van der Waals surface area contributed by atoms with E-state index in [4.69, 9.17) is 25.9 Å². The van der Waals surface area contributed by atoms with Crippen molar-refractivity contribution in [2.45, 2.75) is 12.5 Å². The SMILES string of the molecule is COC(=O)COc1ccc(Cl)cc1[C@@H]1c2ccccc2CCN1OC(=O)Oc1cnccn1. The van der Waals surface area contributed by atoms with Crippen LogP contribution in [0.15, 0.2) is 61.1 Å². The van der Waals surface area contributed by atoms with Crippen LogP contribution < -0.4 is 9.47 Å². The first kappa shape index (κ1) is 22.5. The van der Waals surface area contributed by atoms with E-state index in [2.05, 4.69) is 14.7 Å². The van der Waals surface area contributed by atoms with Crippen LogP contribution in [0.5, 0.6) is 11.6 Å². The van der Waals surface area contributed by atoms with Crippen LogP contribution in [0.1, 0.15) is 22.7 Å². The molecular formula is C23H20ClN3O6. The number of carbonyl (C=O) groups excluding carboxylic acids is 2. The first-order valence-electron chi connectivity index (χ1n) is 10.0. The molecule has 0 fully saturated rings. The van der Waals surface area contributed by atoms with Crippen molar-refractivity contribution < 1.29 is 28.6 Å². The van der Waals surface area contributed by atoms with Crippen LogP contribution in [0.25, 0.3) is 0 Å². The minimum absolute atomic E-state index is 0.0151. The summed E-state index contributed by atoms with van der Waals surface area (Å²) < 4.78 is 15.5. The molecule has 0 N–H and O–H groups in total. The number of nitrogens with zero attached hydrogens (tertiary/aromatic N) is 3. The van der Waals surface area contributed by atoms with Crippen LogP contribution in [0.2, 0.25) is 5.02 Å². The Labute approximate surface area is 194 Å². The summed E-state index contributed by atoms with van der Waals surface area (Å²) in [6.45, 7) is 0.106. The zero-order valence-corrected chi connectivity index (χ0v) is 18.4. The zero-order valence-electron chi connectivity index (χ0n) is 17.6. The molecule has 10 heteroatoms. The van der Waals surface area contributed by atoms with Gasteiger partial charge in [-0.15, -0.1) is 5.06 Å². The largest absolute Gasteiger partial charge is 0.534 e. The van der Waals surface area contributed by atoms with Crippen LogP contribution in [0, 0.1) is 0 Å². The number of esters is 1. The fraction of sp³-hybridized carbons (Fsp3) is 0.217. The fourth-order valence-corrected chi connectivity index (χ4v) is 3.74. The molecule has 9 nitrogen and oxygen atoms in total. The van der Waals surface area contributed by atoms with Gasteiger partial charge >= 0.3 is 12.1 Å². The van der Waals surface area contributed by atoms with Crippen LogP contribution in [-0.4, -0.2) is 47.4 Å². The molecule has 0 unspecified atom stereocenters. The molecule has 3 aromatic rings. The molecule has 0 amide bonds. The van der Waals surface area contributed by atoms with E-state index in [1.165, 1.54) is 30.8 Å². The summed E-state index contributed by atoms with van der Waals surface area (Å²) in [6, 6.07) is 12.3. The predicted octanol–water partition coefficient (Wildman–Crippen LogP) is 3.76. The number of halogens is 1. The van der Waals surface area contributed by atoms with Gasteiger partial charge in [-0.2, -0.15) is 0 Å². The molecule has 1 aliphatic rings. The van der Waals surface area contributed by atoms with Crippen molar-refractivity contribution in [1.29, 1.82) is 0 Å². The smallest absolute Gasteiger partial charge is 0.482 e. The molecule has 0 radical (unpaired) electrons. The van der Waals surface area contributed by atoms with E-state index in [1.807, 2.05) is 24.3 Å². The second-order valence-corrected chi connectivity index (χ2v) is 7.46. The van der Waals surface area contributed by atoms with E-state index in [-0.39, 0.29) is 12.5 Å². The van der Waals surface area contributed by atoms with Gasteiger partial charge in [0, 0.05) is 29.5 Å². The molecule has 4 rings (SSSR count). The van der Waals surface area contributed by atoms with Gasteiger partial charge in [-0.3, -0.25) is 4.98 Å². The van der Waals surface area contributed by atoms with Crippen LogP contribution >= 0.6 is 11.6 Å². The molecular weight excluding hydrogens is 450 g/mol. The summed E-state index contributed by atoms with van der Waals surface area (Å²) >= 11 is 6.30. The lowest BCUT2D eigenvalue weighted by atomic mass is 9.89. The topological polar surface area (TPSA) is 100 Å². The Morgan fingerprint density at radius 1 is 1.15 bits per heavy atom. The van der Waals surface area contributed by atoms with Gasteiger partial charge in [0.15, 0.2) is 6.61 Å². The summed E-state index contributed by atoms with van der Waals surface area (Å²) in [5, 5.41) is 1.96. The van der Waals surface area contributed by atoms with Crippen LogP contribution in [0.4, 0.5) is 4.79 Å². The van der Waals surface area contributed by atoms with Gasteiger partial charge in [-0.1, -0.05) is 35.9 Å². The number of carbonyl (C=O) groups is 2. The molecule has 2 heterocycles.